The van der Waals surface area contributed by atoms with Gasteiger partial charge in [-0.15, -0.1) is 0 Å². The molecular formula is C12H12N4O3S. The van der Waals surface area contributed by atoms with Gasteiger partial charge < -0.3 is 21.1 Å². The molecule has 2 aromatic rings. The first-order valence-electron chi connectivity index (χ1n) is 5.61. The SMILES string of the molecule is Nc1cc(=O)[nH]c(SCC(=O)Nc2cccc(O)c2)n1. The van der Waals surface area contributed by atoms with Gasteiger partial charge in [-0.25, -0.2) is 4.98 Å². The molecule has 2 rings (SSSR count). The summed E-state index contributed by atoms with van der Waals surface area (Å²) in [7, 11) is 0. The molecule has 0 saturated heterocycles. The molecule has 0 bridgehead atoms. The Labute approximate surface area is 118 Å². The van der Waals surface area contributed by atoms with E-state index in [0.717, 1.165) is 17.8 Å². The molecule has 0 spiro atoms. The van der Waals surface area contributed by atoms with Crippen LogP contribution in [0.2, 0.25) is 0 Å². The second kappa shape index (κ2) is 6.11. The summed E-state index contributed by atoms with van der Waals surface area (Å²) in [5, 5.41) is 12.2. The van der Waals surface area contributed by atoms with E-state index >= 15 is 0 Å². The molecule has 1 aromatic heterocycles. The van der Waals surface area contributed by atoms with E-state index < -0.39 is 0 Å². The molecule has 0 aliphatic heterocycles. The first-order chi connectivity index (χ1) is 9.52. The Hall–Kier alpha value is -2.48. The fourth-order valence-electron chi connectivity index (χ4n) is 1.44. The van der Waals surface area contributed by atoms with Crippen molar-refractivity contribution in [3.8, 4) is 5.75 Å². The third kappa shape index (κ3) is 4.02. The zero-order valence-electron chi connectivity index (χ0n) is 10.3. The molecule has 0 unspecified atom stereocenters. The standard InChI is InChI=1S/C12H12N4O3S/c13-9-5-10(18)16-12(15-9)20-6-11(19)14-7-2-1-3-8(17)4-7/h1-5,17H,6H2,(H,14,19)(H3,13,15,16,18). The van der Waals surface area contributed by atoms with Gasteiger partial charge in [-0.2, -0.15) is 0 Å². The normalized spacial score (nSPS) is 10.2. The Morgan fingerprint density at radius 1 is 1.45 bits per heavy atom. The van der Waals surface area contributed by atoms with Crippen molar-refractivity contribution >= 4 is 29.2 Å². The monoisotopic (exact) mass is 292 g/mol. The number of rotatable bonds is 4. The van der Waals surface area contributed by atoms with Crippen LogP contribution in [0.25, 0.3) is 0 Å². The van der Waals surface area contributed by atoms with E-state index in [9.17, 15) is 14.7 Å². The highest BCUT2D eigenvalue weighted by Crippen LogP contribution is 2.17. The van der Waals surface area contributed by atoms with Crippen molar-refractivity contribution in [2.45, 2.75) is 5.16 Å². The highest BCUT2D eigenvalue weighted by Gasteiger charge is 2.06. The number of anilines is 2. The molecule has 0 radical (unpaired) electrons. The van der Waals surface area contributed by atoms with Gasteiger partial charge in [-0.05, 0) is 12.1 Å². The van der Waals surface area contributed by atoms with E-state index in [1.54, 1.807) is 12.1 Å². The summed E-state index contributed by atoms with van der Waals surface area (Å²) in [6.45, 7) is 0. The van der Waals surface area contributed by atoms with Crippen molar-refractivity contribution < 1.29 is 9.90 Å². The summed E-state index contributed by atoms with van der Waals surface area (Å²) < 4.78 is 0. The van der Waals surface area contributed by atoms with Gasteiger partial charge in [0.25, 0.3) is 5.56 Å². The second-order valence-electron chi connectivity index (χ2n) is 3.86. The van der Waals surface area contributed by atoms with E-state index in [-0.39, 0.29) is 33.9 Å². The molecule has 1 aromatic carbocycles. The molecule has 7 nitrogen and oxygen atoms in total. The Bertz CT molecular complexity index is 686. The van der Waals surface area contributed by atoms with Crippen LogP contribution in [0.1, 0.15) is 0 Å². The fourth-order valence-corrected chi connectivity index (χ4v) is 2.12. The zero-order chi connectivity index (χ0) is 14.5. The average molecular weight is 292 g/mol. The van der Waals surface area contributed by atoms with E-state index in [2.05, 4.69) is 15.3 Å². The number of amides is 1. The number of H-pyrrole nitrogens is 1. The van der Waals surface area contributed by atoms with Gasteiger partial charge in [0.2, 0.25) is 5.91 Å². The number of hydrogen-bond donors (Lipinski definition) is 4. The fraction of sp³-hybridized carbons (Fsp3) is 0.0833. The highest BCUT2D eigenvalue weighted by atomic mass is 32.2. The Kier molecular flexibility index (Phi) is 4.26. The van der Waals surface area contributed by atoms with Crippen molar-refractivity contribution in [2.75, 3.05) is 16.8 Å². The van der Waals surface area contributed by atoms with Crippen LogP contribution < -0.4 is 16.6 Å². The lowest BCUT2D eigenvalue weighted by Crippen LogP contribution is -2.15. The van der Waals surface area contributed by atoms with Gasteiger partial charge in [0.05, 0.1) is 5.75 Å². The van der Waals surface area contributed by atoms with Crippen molar-refractivity contribution in [1.82, 2.24) is 9.97 Å². The molecule has 0 aliphatic rings. The number of nitrogens with zero attached hydrogens (tertiary/aromatic N) is 1. The first kappa shape index (κ1) is 13.9. The summed E-state index contributed by atoms with van der Waals surface area (Å²) in [5.41, 5.74) is 5.56. The summed E-state index contributed by atoms with van der Waals surface area (Å²) >= 11 is 1.06. The lowest BCUT2D eigenvalue weighted by atomic mass is 10.3. The summed E-state index contributed by atoms with van der Waals surface area (Å²) in [5.74, 6) is -0.0604. The zero-order valence-corrected chi connectivity index (χ0v) is 11.1. The number of carbonyl (C=O) groups excluding carboxylic acids is 1. The van der Waals surface area contributed by atoms with Crippen LogP contribution in [-0.2, 0) is 4.79 Å². The van der Waals surface area contributed by atoms with Crippen LogP contribution in [-0.4, -0.2) is 26.7 Å². The number of carbonyl (C=O) groups is 1. The maximum absolute atomic E-state index is 11.7. The molecule has 5 N–H and O–H groups in total. The van der Waals surface area contributed by atoms with Crippen LogP contribution in [0.15, 0.2) is 40.3 Å². The molecule has 1 amide bonds. The molecule has 1 heterocycles. The predicted molar refractivity (Wildman–Crippen MR) is 76.7 cm³/mol. The van der Waals surface area contributed by atoms with Gasteiger partial charge in [-0.1, -0.05) is 17.8 Å². The van der Waals surface area contributed by atoms with E-state index in [4.69, 9.17) is 5.73 Å². The molecule has 0 fully saturated rings. The van der Waals surface area contributed by atoms with Crippen LogP contribution >= 0.6 is 11.8 Å². The van der Waals surface area contributed by atoms with Gasteiger partial charge >= 0.3 is 0 Å². The van der Waals surface area contributed by atoms with E-state index in [1.165, 1.54) is 12.1 Å². The number of hydrogen-bond acceptors (Lipinski definition) is 6. The van der Waals surface area contributed by atoms with Gasteiger partial charge in [-0.3, -0.25) is 9.59 Å². The van der Waals surface area contributed by atoms with Crippen LogP contribution in [0.5, 0.6) is 5.75 Å². The first-order valence-corrected chi connectivity index (χ1v) is 6.60. The quantitative estimate of drug-likeness (QED) is 0.488. The number of nitrogen functional groups attached to an aromatic ring is 1. The third-order valence-corrected chi connectivity index (χ3v) is 3.08. The minimum absolute atomic E-state index is 0.0576. The minimum atomic E-state index is -0.367. The number of phenols is 1. The Balaban J connectivity index is 1.93. The number of aromatic nitrogens is 2. The lowest BCUT2D eigenvalue weighted by molar-refractivity contribution is -0.113. The van der Waals surface area contributed by atoms with Crippen molar-refractivity contribution in [3.63, 3.8) is 0 Å². The third-order valence-electron chi connectivity index (χ3n) is 2.21. The Morgan fingerprint density at radius 3 is 2.95 bits per heavy atom. The van der Waals surface area contributed by atoms with Gasteiger partial charge in [0.15, 0.2) is 5.16 Å². The molecule has 20 heavy (non-hydrogen) atoms. The van der Waals surface area contributed by atoms with Crippen LogP contribution in [0, 0.1) is 0 Å². The number of aromatic amines is 1. The highest BCUT2D eigenvalue weighted by molar-refractivity contribution is 7.99. The molecule has 0 aliphatic carbocycles. The van der Waals surface area contributed by atoms with Crippen molar-refractivity contribution in [3.05, 3.63) is 40.7 Å². The average Bonchev–Trinajstić information content (AvgIpc) is 2.35. The maximum Gasteiger partial charge on any atom is 0.253 e. The smallest absolute Gasteiger partial charge is 0.253 e. The molecule has 0 saturated carbocycles. The second-order valence-corrected chi connectivity index (χ2v) is 4.83. The minimum Gasteiger partial charge on any atom is -0.508 e. The summed E-state index contributed by atoms with van der Waals surface area (Å²) in [4.78, 5) is 29.2. The van der Waals surface area contributed by atoms with E-state index in [1.807, 2.05) is 0 Å². The van der Waals surface area contributed by atoms with Crippen molar-refractivity contribution in [2.24, 2.45) is 0 Å². The number of thioether (sulfide) groups is 1. The topological polar surface area (TPSA) is 121 Å². The van der Waals surface area contributed by atoms with Gasteiger partial charge in [0.1, 0.15) is 11.6 Å². The predicted octanol–water partition coefficient (Wildman–Crippen LogP) is 0.788. The number of nitrogens with two attached hydrogens (primary N) is 1. The van der Waals surface area contributed by atoms with Crippen molar-refractivity contribution in [1.29, 1.82) is 0 Å². The van der Waals surface area contributed by atoms with Gasteiger partial charge in [0, 0.05) is 17.8 Å². The van der Waals surface area contributed by atoms with Crippen LogP contribution in [0.4, 0.5) is 11.5 Å². The molecular weight excluding hydrogens is 280 g/mol. The molecule has 104 valence electrons. The summed E-state index contributed by atoms with van der Waals surface area (Å²) in [6, 6.07) is 7.38. The lowest BCUT2D eigenvalue weighted by Gasteiger charge is -2.05. The summed E-state index contributed by atoms with van der Waals surface area (Å²) in [6.07, 6.45) is 0. The largest absolute Gasteiger partial charge is 0.508 e. The number of nitrogens with one attached hydrogen (secondary N) is 2. The molecule has 0 atom stereocenters. The number of aromatic hydroxyl groups is 1. The number of phenolic OH excluding ortho intramolecular Hbond substituents is 1. The molecule has 8 heteroatoms. The number of benzene rings is 1. The van der Waals surface area contributed by atoms with Crippen LogP contribution in [0.3, 0.4) is 0 Å². The van der Waals surface area contributed by atoms with E-state index in [0.29, 0.717) is 5.69 Å². The Morgan fingerprint density at radius 2 is 2.25 bits per heavy atom. The maximum atomic E-state index is 11.7.